The highest BCUT2D eigenvalue weighted by molar-refractivity contribution is 5.88. The van der Waals surface area contributed by atoms with Gasteiger partial charge >= 0.3 is 5.97 Å². The van der Waals surface area contributed by atoms with Gasteiger partial charge in [0.15, 0.2) is 0 Å². The zero-order chi connectivity index (χ0) is 13.2. The zero-order valence-corrected chi connectivity index (χ0v) is 11.1. The first-order valence-corrected chi connectivity index (χ1v) is 5.71. The van der Waals surface area contributed by atoms with E-state index in [1.807, 2.05) is 0 Å². The molecule has 0 bridgehead atoms. The zero-order valence-electron chi connectivity index (χ0n) is 11.1. The van der Waals surface area contributed by atoms with E-state index in [4.69, 9.17) is 5.11 Å². The SMILES string of the molecule is CC(NCc1c(C(=O)O)cnn1C)C(C)(C)C. The normalized spacial score (nSPS) is 13.7. The molecule has 1 heterocycles. The average molecular weight is 239 g/mol. The Morgan fingerprint density at radius 2 is 2.18 bits per heavy atom. The van der Waals surface area contributed by atoms with Crippen LogP contribution >= 0.6 is 0 Å². The molecule has 0 fully saturated rings. The fraction of sp³-hybridized carbons (Fsp3) is 0.667. The first-order valence-electron chi connectivity index (χ1n) is 5.71. The van der Waals surface area contributed by atoms with Crippen molar-refractivity contribution in [3.05, 3.63) is 17.5 Å². The van der Waals surface area contributed by atoms with Crippen molar-refractivity contribution in [1.82, 2.24) is 15.1 Å². The second-order valence-electron chi connectivity index (χ2n) is 5.40. The molecular weight excluding hydrogens is 218 g/mol. The molecule has 0 spiro atoms. The third kappa shape index (κ3) is 3.30. The first kappa shape index (κ1) is 13.7. The molecule has 0 saturated heterocycles. The number of carbonyl (C=O) groups is 1. The lowest BCUT2D eigenvalue weighted by atomic mass is 9.88. The molecule has 1 atom stereocenters. The van der Waals surface area contributed by atoms with E-state index in [1.54, 1.807) is 11.7 Å². The van der Waals surface area contributed by atoms with E-state index in [-0.39, 0.29) is 11.0 Å². The number of hydrogen-bond acceptors (Lipinski definition) is 3. The Balaban J connectivity index is 2.76. The standard InChI is InChI=1S/C12H21N3O2/c1-8(12(2,3)4)13-7-10-9(11(16)17)6-14-15(10)5/h6,8,13H,7H2,1-5H3,(H,16,17). The first-order chi connectivity index (χ1) is 7.73. The van der Waals surface area contributed by atoms with Crippen LogP contribution in [0.3, 0.4) is 0 Å². The van der Waals surface area contributed by atoms with Crippen LogP contribution in [0.1, 0.15) is 43.7 Å². The molecule has 5 nitrogen and oxygen atoms in total. The Hall–Kier alpha value is -1.36. The average Bonchev–Trinajstić information content (AvgIpc) is 2.54. The minimum absolute atomic E-state index is 0.141. The minimum atomic E-state index is -0.932. The number of carboxylic acid groups (broad SMARTS) is 1. The van der Waals surface area contributed by atoms with E-state index in [0.717, 1.165) is 0 Å². The lowest BCUT2D eigenvalue weighted by Gasteiger charge is -2.28. The fourth-order valence-electron chi connectivity index (χ4n) is 1.41. The maximum Gasteiger partial charge on any atom is 0.339 e. The molecule has 0 saturated carbocycles. The topological polar surface area (TPSA) is 67.2 Å². The lowest BCUT2D eigenvalue weighted by Crippen LogP contribution is -2.37. The van der Waals surface area contributed by atoms with Crippen molar-refractivity contribution in [2.75, 3.05) is 0 Å². The molecule has 0 radical (unpaired) electrons. The Morgan fingerprint density at radius 3 is 2.65 bits per heavy atom. The molecule has 5 heteroatoms. The Labute approximate surface area is 102 Å². The molecular formula is C12H21N3O2. The van der Waals surface area contributed by atoms with Gasteiger partial charge in [-0.05, 0) is 12.3 Å². The molecule has 0 aliphatic carbocycles. The summed E-state index contributed by atoms with van der Waals surface area (Å²) in [6, 6.07) is 0.291. The van der Waals surface area contributed by atoms with Gasteiger partial charge in [-0.3, -0.25) is 4.68 Å². The highest BCUT2D eigenvalue weighted by Gasteiger charge is 2.21. The van der Waals surface area contributed by atoms with Gasteiger partial charge in [0.25, 0.3) is 0 Å². The Morgan fingerprint density at radius 1 is 1.59 bits per heavy atom. The van der Waals surface area contributed by atoms with Crippen LogP contribution < -0.4 is 5.32 Å². The van der Waals surface area contributed by atoms with Gasteiger partial charge in [0.05, 0.1) is 11.9 Å². The molecule has 1 rings (SSSR count). The monoisotopic (exact) mass is 239 g/mol. The molecule has 0 aromatic carbocycles. The summed E-state index contributed by atoms with van der Waals surface area (Å²) in [5, 5.41) is 16.3. The van der Waals surface area contributed by atoms with Gasteiger partial charge in [-0.2, -0.15) is 5.10 Å². The number of aromatic nitrogens is 2. The summed E-state index contributed by atoms with van der Waals surface area (Å²) >= 11 is 0. The van der Waals surface area contributed by atoms with Crippen LogP contribution in [0.25, 0.3) is 0 Å². The largest absolute Gasteiger partial charge is 0.478 e. The molecule has 1 unspecified atom stereocenters. The lowest BCUT2D eigenvalue weighted by molar-refractivity contribution is 0.0695. The summed E-state index contributed by atoms with van der Waals surface area (Å²) in [5.41, 5.74) is 1.11. The summed E-state index contributed by atoms with van der Waals surface area (Å²) in [6.45, 7) is 9.04. The van der Waals surface area contributed by atoms with Gasteiger partial charge in [0.1, 0.15) is 5.56 Å². The number of aromatic carboxylic acids is 1. The minimum Gasteiger partial charge on any atom is -0.478 e. The van der Waals surface area contributed by atoms with Gasteiger partial charge in [0, 0.05) is 19.6 Å². The smallest absolute Gasteiger partial charge is 0.339 e. The number of carboxylic acids is 1. The van der Waals surface area contributed by atoms with Crippen LogP contribution in [0.2, 0.25) is 0 Å². The van der Waals surface area contributed by atoms with Gasteiger partial charge < -0.3 is 10.4 Å². The molecule has 1 aromatic heterocycles. The van der Waals surface area contributed by atoms with Crippen molar-refractivity contribution in [3.8, 4) is 0 Å². The van der Waals surface area contributed by atoms with Crippen LogP contribution in [0, 0.1) is 5.41 Å². The van der Waals surface area contributed by atoms with E-state index >= 15 is 0 Å². The summed E-state index contributed by atoms with van der Waals surface area (Å²) in [6.07, 6.45) is 1.39. The van der Waals surface area contributed by atoms with Gasteiger partial charge in [0.2, 0.25) is 0 Å². The summed E-state index contributed by atoms with van der Waals surface area (Å²) in [5.74, 6) is -0.932. The summed E-state index contributed by atoms with van der Waals surface area (Å²) < 4.78 is 1.60. The molecule has 0 amide bonds. The maximum absolute atomic E-state index is 11.0. The second-order valence-corrected chi connectivity index (χ2v) is 5.40. The third-order valence-electron chi connectivity index (χ3n) is 3.17. The highest BCUT2D eigenvalue weighted by atomic mass is 16.4. The number of rotatable bonds is 4. The van der Waals surface area contributed by atoms with Crippen molar-refractivity contribution in [1.29, 1.82) is 0 Å². The highest BCUT2D eigenvalue weighted by Crippen LogP contribution is 2.19. The molecule has 2 N–H and O–H groups in total. The summed E-state index contributed by atoms with van der Waals surface area (Å²) in [7, 11) is 1.76. The van der Waals surface area contributed by atoms with E-state index in [9.17, 15) is 4.79 Å². The van der Waals surface area contributed by atoms with Gasteiger partial charge in [-0.15, -0.1) is 0 Å². The number of nitrogens with zero attached hydrogens (tertiary/aromatic N) is 2. The van der Waals surface area contributed by atoms with Crippen LogP contribution in [-0.4, -0.2) is 26.9 Å². The van der Waals surface area contributed by atoms with Crippen molar-refractivity contribution in [3.63, 3.8) is 0 Å². The maximum atomic E-state index is 11.0. The van der Waals surface area contributed by atoms with E-state index in [1.165, 1.54) is 6.20 Å². The Bertz CT molecular complexity index is 404. The van der Waals surface area contributed by atoms with Crippen molar-refractivity contribution < 1.29 is 9.90 Å². The molecule has 1 aromatic rings. The van der Waals surface area contributed by atoms with E-state index in [0.29, 0.717) is 18.3 Å². The number of aryl methyl sites for hydroxylation is 1. The second kappa shape index (κ2) is 4.87. The van der Waals surface area contributed by atoms with Crippen molar-refractivity contribution in [2.45, 2.75) is 40.3 Å². The van der Waals surface area contributed by atoms with E-state index < -0.39 is 5.97 Å². The molecule has 17 heavy (non-hydrogen) atoms. The fourth-order valence-corrected chi connectivity index (χ4v) is 1.41. The van der Waals surface area contributed by atoms with Gasteiger partial charge in [-0.25, -0.2) is 4.79 Å². The quantitative estimate of drug-likeness (QED) is 0.838. The molecule has 0 aliphatic heterocycles. The van der Waals surface area contributed by atoms with Crippen LogP contribution in [0.15, 0.2) is 6.20 Å². The van der Waals surface area contributed by atoms with Crippen LogP contribution in [0.4, 0.5) is 0 Å². The van der Waals surface area contributed by atoms with Gasteiger partial charge in [-0.1, -0.05) is 20.8 Å². The Kier molecular flexibility index (Phi) is 3.93. The van der Waals surface area contributed by atoms with Crippen molar-refractivity contribution >= 4 is 5.97 Å². The predicted octanol–water partition coefficient (Wildman–Crippen LogP) is 1.64. The molecule has 0 aliphatic rings. The van der Waals surface area contributed by atoms with Crippen LogP contribution in [0.5, 0.6) is 0 Å². The predicted molar refractivity (Wildman–Crippen MR) is 65.9 cm³/mol. The number of nitrogens with one attached hydrogen (secondary N) is 1. The number of hydrogen-bond donors (Lipinski definition) is 2. The molecule has 96 valence electrons. The van der Waals surface area contributed by atoms with Crippen LogP contribution in [-0.2, 0) is 13.6 Å². The van der Waals surface area contributed by atoms with Crippen molar-refractivity contribution in [2.24, 2.45) is 12.5 Å². The van der Waals surface area contributed by atoms with E-state index in [2.05, 4.69) is 38.1 Å². The third-order valence-corrected chi connectivity index (χ3v) is 3.17. The summed E-state index contributed by atoms with van der Waals surface area (Å²) in [4.78, 5) is 11.0.